The molecule has 4 aromatic rings. The summed E-state index contributed by atoms with van der Waals surface area (Å²) in [5.74, 6) is 0.598. The molecular formula is C20H14ClN3O2. The van der Waals surface area contributed by atoms with Gasteiger partial charge < -0.3 is 9.73 Å². The number of nitrogens with one attached hydrogen (secondary N) is 1. The number of hydrogen-bond acceptors (Lipinski definition) is 4. The van der Waals surface area contributed by atoms with E-state index in [9.17, 15) is 4.79 Å². The van der Waals surface area contributed by atoms with Crippen molar-refractivity contribution in [2.45, 2.75) is 5.92 Å². The van der Waals surface area contributed by atoms with Gasteiger partial charge in [0, 0.05) is 28.9 Å². The number of anilines is 2. The summed E-state index contributed by atoms with van der Waals surface area (Å²) in [6.07, 6.45) is 1.79. The number of fused-ring (bicyclic) bond motifs is 4. The molecular weight excluding hydrogens is 350 g/mol. The minimum Gasteiger partial charge on any atom is -0.422 e. The van der Waals surface area contributed by atoms with E-state index in [1.165, 1.54) is 0 Å². The van der Waals surface area contributed by atoms with E-state index in [-0.39, 0.29) is 11.5 Å². The summed E-state index contributed by atoms with van der Waals surface area (Å²) in [5.41, 5.74) is 3.48. The number of hydrogen-bond donors (Lipinski definition) is 1. The van der Waals surface area contributed by atoms with Crippen LogP contribution in [0.2, 0.25) is 5.02 Å². The first kappa shape index (κ1) is 15.2. The van der Waals surface area contributed by atoms with E-state index in [1.54, 1.807) is 16.9 Å². The SMILES string of the molecule is Cn1ncc2c1Nc1c(c(=O)oc3ccccc13)C2c1ccc(Cl)cc1. The third-order valence-corrected chi connectivity index (χ3v) is 5.11. The molecule has 5 rings (SSSR count). The topological polar surface area (TPSA) is 60.1 Å². The van der Waals surface area contributed by atoms with Gasteiger partial charge in [0.15, 0.2) is 0 Å². The lowest BCUT2D eigenvalue weighted by Crippen LogP contribution is -2.22. The van der Waals surface area contributed by atoms with Gasteiger partial charge in [0.25, 0.3) is 0 Å². The van der Waals surface area contributed by atoms with Gasteiger partial charge in [0.1, 0.15) is 11.4 Å². The van der Waals surface area contributed by atoms with Crippen molar-refractivity contribution in [3.63, 3.8) is 0 Å². The molecule has 1 N–H and O–H groups in total. The van der Waals surface area contributed by atoms with Crippen LogP contribution in [0.15, 0.2) is 63.9 Å². The summed E-state index contributed by atoms with van der Waals surface area (Å²) in [6.45, 7) is 0. The maximum absolute atomic E-state index is 12.9. The van der Waals surface area contributed by atoms with Gasteiger partial charge in [-0.3, -0.25) is 4.68 Å². The van der Waals surface area contributed by atoms with Gasteiger partial charge in [0.05, 0.1) is 17.4 Å². The minimum absolute atomic E-state index is 0.270. The van der Waals surface area contributed by atoms with Gasteiger partial charge in [-0.1, -0.05) is 35.9 Å². The third kappa shape index (κ3) is 2.10. The average Bonchev–Trinajstić information content (AvgIpc) is 3.02. The normalized spacial score (nSPS) is 15.4. The molecule has 0 aliphatic carbocycles. The predicted molar refractivity (Wildman–Crippen MR) is 101 cm³/mol. The zero-order valence-electron chi connectivity index (χ0n) is 13.9. The summed E-state index contributed by atoms with van der Waals surface area (Å²) < 4.78 is 7.39. The molecule has 6 heteroatoms. The van der Waals surface area contributed by atoms with E-state index < -0.39 is 0 Å². The van der Waals surface area contributed by atoms with Crippen LogP contribution < -0.4 is 10.9 Å². The van der Waals surface area contributed by atoms with E-state index in [1.807, 2.05) is 49.5 Å². The first-order valence-electron chi connectivity index (χ1n) is 8.23. The molecule has 128 valence electrons. The Labute approximate surface area is 153 Å². The molecule has 26 heavy (non-hydrogen) atoms. The predicted octanol–water partition coefficient (Wildman–Crippen LogP) is 4.42. The summed E-state index contributed by atoms with van der Waals surface area (Å²) >= 11 is 6.06. The van der Waals surface area contributed by atoms with Crippen LogP contribution in [0.1, 0.15) is 22.6 Å². The summed E-state index contributed by atoms with van der Waals surface area (Å²) in [7, 11) is 1.88. The van der Waals surface area contributed by atoms with Crippen molar-refractivity contribution in [1.82, 2.24) is 9.78 Å². The van der Waals surface area contributed by atoms with Crippen molar-refractivity contribution in [3.8, 4) is 0 Å². The summed E-state index contributed by atoms with van der Waals surface area (Å²) in [5, 5.41) is 9.30. The van der Waals surface area contributed by atoms with Crippen LogP contribution in [-0.2, 0) is 7.05 Å². The van der Waals surface area contributed by atoms with Crippen LogP contribution in [0.5, 0.6) is 0 Å². The first-order valence-corrected chi connectivity index (χ1v) is 8.61. The van der Waals surface area contributed by atoms with E-state index in [2.05, 4.69) is 10.4 Å². The molecule has 1 atom stereocenters. The van der Waals surface area contributed by atoms with Crippen LogP contribution in [0.25, 0.3) is 11.0 Å². The van der Waals surface area contributed by atoms with E-state index in [4.69, 9.17) is 16.0 Å². The molecule has 0 radical (unpaired) electrons. The smallest absolute Gasteiger partial charge is 0.342 e. The number of benzene rings is 2. The highest BCUT2D eigenvalue weighted by atomic mass is 35.5. The van der Waals surface area contributed by atoms with Gasteiger partial charge in [-0.05, 0) is 29.8 Å². The number of nitrogens with zero attached hydrogens (tertiary/aromatic N) is 2. The van der Waals surface area contributed by atoms with Crippen molar-refractivity contribution in [2.24, 2.45) is 7.05 Å². The Bertz CT molecular complexity index is 1210. The molecule has 2 aromatic heterocycles. The van der Waals surface area contributed by atoms with Gasteiger partial charge >= 0.3 is 5.63 Å². The highest BCUT2D eigenvalue weighted by molar-refractivity contribution is 6.30. The molecule has 2 aromatic carbocycles. The Morgan fingerprint density at radius 2 is 1.92 bits per heavy atom. The van der Waals surface area contributed by atoms with Crippen LogP contribution in [0.3, 0.4) is 0 Å². The summed E-state index contributed by atoms with van der Waals surface area (Å²) in [4.78, 5) is 12.9. The molecule has 0 fully saturated rings. The molecule has 0 spiro atoms. The van der Waals surface area contributed by atoms with Crippen molar-refractivity contribution >= 4 is 34.1 Å². The van der Waals surface area contributed by atoms with Crippen molar-refractivity contribution in [1.29, 1.82) is 0 Å². The van der Waals surface area contributed by atoms with E-state index in [0.717, 1.165) is 28.0 Å². The minimum atomic E-state index is -0.347. The van der Waals surface area contributed by atoms with Gasteiger partial charge in [-0.25, -0.2) is 4.79 Å². The monoisotopic (exact) mass is 363 g/mol. The number of aryl methyl sites for hydroxylation is 1. The Balaban J connectivity index is 1.87. The molecule has 0 bridgehead atoms. The van der Waals surface area contributed by atoms with Crippen molar-refractivity contribution < 1.29 is 4.42 Å². The maximum Gasteiger partial charge on any atom is 0.342 e. The molecule has 0 saturated heterocycles. The van der Waals surface area contributed by atoms with Gasteiger partial charge in [-0.15, -0.1) is 0 Å². The second-order valence-corrected chi connectivity index (χ2v) is 6.79. The fourth-order valence-corrected chi connectivity index (χ4v) is 3.78. The fourth-order valence-electron chi connectivity index (χ4n) is 3.66. The van der Waals surface area contributed by atoms with Gasteiger partial charge in [0.2, 0.25) is 0 Å². The first-order chi connectivity index (χ1) is 12.6. The quantitative estimate of drug-likeness (QED) is 0.448. The van der Waals surface area contributed by atoms with Crippen molar-refractivity contribution in [2.75, 3.05) is 5.32 Å². The third-order valence-electron chi connectivity index (χ3n) is 4.86. The second kappa shape index (κ2) is 5.47. The highest BCUT2D eigenvalue weighted by Crippen LogP contribution is 2.45. The van der Waals surface area contributed by atoms with Crippen molar-refractivity contribution in [3.05, 3.63) is 86.9 Å². The Morgan fingerprint density at radius 1 is 1.15 bits per heavy atom. The Morgan fingerprint density at radius 3 is 2.73 bits per heavy atom. The second-order valence-electron chi connectivity index (χ2n) is 6.36. The van der Waals surface area contributed by atoms with Crippen LogP contribution >= 0.6 is 11.6 Å². The van der Waals surface area contributed by atoms with Gasteiger partial charge in [-0.2, -0.15) is 5.10 Å². The number of halogens is 1. The molecule has 1 unspecified atom stereocenters. The van der Waals surface area contributed by atoms with Crippen LogP contribution in [0.4, 0.5) is 11.5 Å². The molecule has 5 nitrogen and oxygen atoms in total. The zero-order chi connectivity index (χ0) is 17.8. The molecule has 1 aliphatic heterocycles. The highest BCUT2D eigenvalue weighted by Gasteiger charge is 2.34. The van der Waals surface area contributed by atoms with E-state index >= 15 is 0 Å². The lowest BCUT2D eigenvalue weighted by molar-refractivity contribution is 0.548. The Kier molecular flexibility index (Phi) is 3.21. The van der Waals surface area contributed by atoms with Crippen LogP contribution in [0, 0.1) is 0 Å². The zero-order valence-corrected chi connectivity index (χ0v) is 14.6. The number of aromatic nitrogens is 2. The molecule has 3 heterocycles. The average molecular weight is 364 g/mol. The Hall–Kier alpha value is -3.05. The lowest BCUT2D eigenvalue weighted by atomic mass is 9.83. The number of rotatable bonds is 1. The lowest BCUT2D eigenvalue weighted by Gasteiger charge is -2.27. The fraction of sp³-hybridized carbons (Fsp3) is 0.100. The van der Waals surface area contributed by atoms with E-state index in [0.29, 0.717) is 16.2 Å². The molecule has 0 saturated carbocycles. The largest absolute Gasteiger partial charge is 0.422 e. The maximum atomic E-state index is 12.9. The molecule has 1 aliphatic rings. The number of para-hydroxylation sites is 1. The standard InChI is InChI=1S/C20H14ClN3O2/c1-24-19-14(10-22-24)16(11-6-8-12(21)9-7-11)17-18(23-19)13-4-2-3-5-15(13)26-20(17)25/h2-10,16,23H,1H3. The summed E-state index contributed by atoms with van der Waals surface area (Å²) in [6, 6.07) is 15.1. The van der Waals surface area contributed by atoms with Crippen LogP contribution in [-0.4, -0.2) is 9.78 Å². The molecule has 0 amide bonds.